The fourth-order valence-corrected chi connectivity index (χ4v) is 4.51. The van der Waals surface area contributed by atoms with Crippen LogP contribution < -0.4 is 11.3 Å². The van der Waals surface area contributed by atoms with Crippen molar-refractivity contribution < 1.29 is 4.52 Å². The van der Waals surface area contributed by atoms with E-state index in [-0.39, 0.29) is 17.6 Å². The van der Waals surface area contributed by atoms with Crippen molar-refractivity contribution in [3.63, 3.8) is 0 Å². The maximum atomic E-state index is 12.5. The Morgan fingerprint density at radius 2 is 1.91 bits per heavy atom. The molecule has 3 atom stereocenters. The summed E-state index contributed by atoms with van der Waals surface area (Å²) in [4.78, 5) is 21.6. The Morgan fingerprint density at radius 3 is 2.70 bits per heavy atom. The average molecular weight is 442 g/mol. The number of hydrogen-bond donors (Lipinski definition) is 1. The first-order valence-electron chi connectivity index (χ1n) is 11.4. The van der Waals surface area contributed by atoms with Gasteiger partial charge in [0.2, 0.25) is 0 Å². The Morgan fingerprint density at radius 1 is 1.06 bits per heavy atom. The van der Waals surface area contributed by atoms with E-state index in [1.807, 2.05) is 48.0 Å². The lowest BCUT2D eigenvalue weighted by Gasteiger charge is -2.15. The maximum absolute atomic E-state index is 12.5. The Hall–Kier alpha value is -3.58. The molecule has 2 N–H and O–H groups in total. The SMILES string of the molecule is CC1CCC(n2cc(-c3cncc(-c4cc(-c5cccc(C(C)N)c5)no4)n3)ccc2=O)C1. The molecule has 1 aliphatic carbocycles. The van der Waals surface area contributed by atoms with E-state index < -0.39 is 0 Å². The van der Waals surface area contributed by atoms with E-state index in [4.69, 9.17) is 15.2 Å². The molecule has 7 heteroatoms. The van der Waals surface area contributed by atoms with Gasteiger partial charge in [0.25, 0.3) is 5.56 Å². The van der Waals surface area contributed by atoms with Gasteiger partial charge in [-0.2, -0.15) is 0 Å². The van der Waals surface area contributed by atoms with Crippen molar-refractivity contribution in [3.05, 3.63) is 77.0 Å². The van der Waals surface area contributed by atoms with Crippen LogP contribution in [-0.2, 0) is 0 Å². The second-order valence-corrected chi connectivity index (χ2v) is 9.02. The van der Waals surface area contributed by atoms with Crippen LogP contribution in [0.5, 0.6) is 0 Å². The third kappa shape index (κ3) is 4.36. The second-order valence-electron chi connectivity index (χ2n) is 9.02. The minimum absolute atomic E-state index is 0.0240. The highest BCUT2D eigenvalue weighted by Crippen LogP contribution is 2.34. The topological polar surface area (TPSA) is 99.8 Å². The zero-order valence-electron chi connectivity index (χ0n) is 18.8. The molecule has 1 fully saturated rings. The third-order valence-corrected chi connectivity index (χ3v) is 6.40. The van der Waals surface area contributed by atoms with Crippen LogP contribution in [0.25, 0.3) is 34.0 Å². The van der Waals surface area contributed by atoms with E-state index in [0.29, 0.717) is 28.8 Å². The molecule has 0 spiro atoms. The van der Waals surface area contributed by atoms with E-state index in [9.17, 15) is 4.79 Å². The Kier molecular flexibility index (Phi) is 5.64. The minimum atomic E-state index is -0.0606. The van der Waals surface area contributed by atoms with Crippen LogP contribution >= 0.6 is 0 Å². The van der Waals surface area contributed by atoms with Crippen LogP contribution in [0.3, 0.4) is 0 Å². The minimum Gasteiger partial charge on any atom is -0.354 e. The van der Waals surface area contributed by atoms with Crippen molar-refractivity contribution in [2.45, 2.75) is 45.2 Å². The quantitative estimate of drug-likeness (QED) is 0.467. The van der Waals surface area contributed by atoms with Gasteiger partial charge in [0.1, 0.15) is 11.4 Å². The number of benzene rings is 1. The van der Waals surface area contributed by atoms with Gasteiger partial charge in [-0.1, -0.05) is 30.3 Å². The van der Waals surface area contributed by atoms with Gasteiger partial charge in [-0.3, -0.25) is 9.78 Å². The van der Waals surface area contributed by atoms with Crippen LogP contribution in [0.15, 0.2) is 70.4 Å². The van der Waals surface area contributed by atoms with E-state index in [1.165, 1.54) is 0 Å². The van der Waals surface area contributed by atoms with Gasteiger partial charge < -0.3 is 14.8 Å². The van der Waals surface area contributed by atoms with Gasteiger partial charge in [-0.05, 0) is 49.8 Å². The van der Waals surface area contributed by atoms with Gasteiger partial charge in [-0.15, -0.1) is 0 Å². The number of rotatable bonds is 5. The summed E-state index contributed by atoms with van der Waals surface area (Å²) in [5, 5.41) is 4.22. The molecule has 0 bridgehead atoms. The molecule has 0 aliphatic heterocycles. The highest BCUT2D eigenvalue weighted by atomic mass is 16.5. The first-order valence-corrected chi connectivity index (χ1v) is 11.4. The number of pyridine rings is 1. The lowest BCUT2D eigenvalue weighted by molar-refractivity contribution is 0.433. The summed E-state index contributed by atoms with van der Waals surface area (Å²) in [5.74, 6) is 1.17. The van der Waals surface area contributed by atoms with Crippen LogP contribution in [0.1, 0.15) is 50.8 Å². The third-order valence-electron chi connectivity index (χ3n) is 6.40. The van der Waals surface area contributed by atoms with E-state index >= 15 is 0 Å². The molecular weight excluding hydrogens is 414 g/mol. The summed E-state index contributed by atoms with van der Waals surface area (Å²) in [6, 6.07) is 13.4. The molecule has 33 heavy (non-hydrogen) atoms. The lowest BCUT2D eigenvalue weighted by atomic mass is 10.0. The summed E-state index contributed by atoms with van der Waals surface area (Å²) in [6.45, 7) is 4.19. The summed E-state index contributed by atoms with van der Waals surface area (Å²) in [6.07, 6.45) is 8.47. The maximum Gasteiger partial charge on any atom is 0.250 e. The molecule has 3 unspecified atom stereocenters. The summed E-state index contributed by atoms with van der Waals surface area (Å²) < 4.78 is 7.45. The van der Waals surface area contributed by atoms with Crippen LogP contribution in [0.4, 0.5) is 0 Å². The summed E-state index contributed by atoms with van der Waals surface area (Å²) in [5.41, 5.74) is 10.8. The van der Waals surface area contributed by atoms with Crippen molar-refractivity contribution >= 4 is 0 Å². The lowest BCUT2D eigenvalue weighted by Crippen LogP contribution is -2.22. The highest BCUT2D eigenvalue weighted by molar-refractivity contribution is 5.67. The second kappa shape index (κ2) is 8.75. The van der Waals surface area contributed by atoms with Gasteiger partial charge in [-0.25, -0.2) is 4.98 Å². The summed E-state index contributed by atoms with van der Waals surface area (Å²) >= 11 is 0. The predicted octanol–water partition coefficient (Wildman–Crippen LogP) is 5.01. The van der Waals surface area contributed by atoms with Gasteiger partial charge in [0.15, 0.2) is 5.76 Å². The first-order chi connectivity index (χ1) is 16.0. The van der Waals surface area contributed by atoms with E-state index in [1.54, 1.807) is 24.5 Å². The molecule has 3 aromatic heterocycles. The normalized spacial score (nSPS) is 19.0. The van der Waals surface area contributed by atoms with Crippen LogP contribution in [0.2, 0.25) is 0 Å². The van der Waals surface area contributed by atoms with Crippen LogP contribution in [0, 0.1) is 5.92 Å². The highest BCUT2D eigenvalue weighted by Gasteiger charge is 2.23. The molecule has 7 nitrogen and oxygen atoms in total. The van der Waals surface area contributed by atoms with Crippen molar-refractivity contribution in [2.75, 3.05) is 0 Å². The molecule has 4 aromatic rings. The van der Waals surface area contributed by atoms with Crippen LogP contribution in [-0.4, -0.2) is 19.7 Å². The fourth-order valence-electron chi connectivity index (χ4n) is 4.51. The molecular formula is C26H27N5O2. The van der Waals surface area contributed by atoms with Gasteiger partial charge >= 0.3 is 0 Å². The van der Waals surface area contributed by atoms with Gasteiger partial charge in [0.05, 0.1) is 18.1 Å². The molecule has 1 aliphatic rings. The average Bonchev–Trinajstić information content (AvgIpc) is 3.49. The smallest absolute Gasteiger partial charge is 0.250 e. The number of hydrogen-bond acceptors (Lipinski definition) is 6. The zero-order chi connectivity index (χ0) is 22.9. The standard InChI is InChI=1S/C26H27N5O2/c1-16-6-8-21(10-16)31-15-20(7-9-26(31)32)23-13-28-14-24(29-23)25-12-22(30-33-25)19-5-3-4-18(11-19)17(2)27/h3-5,7,9,11-17,21H,6,8,10,27H2,1-2H3. The zero-order valence-corrected chi connectivity index (χ0v) is 18.8. The molecule has 0 amide bonds. The Bertz CT molecular complexity index is 1340. The molecule has 0 radical (unpaired) electrons. The number of nitrogens with zero attached hydrogens (tertiary/aromatic N) is 4. The number of aromatic nitrogens is 4. The molecule has 3 heterocycles. The van der Waals surface area contributed by atoms with Gasteiger partial charge in [0, 0.05) is 41.5 Å². The molecule has 0 saturated heterocycles. The number of nitrogens with two attached hydrogens (primary N) is 1. The molecule has 1 saturated carbocycles. The largest absolute Gasteiger partial charge is 0.354 e. The van der Waals surface area contributed by atoms with Crippen molar-refractivity contribution in [1.82, 2.24) is 19.7 Å². The monoisotopic (exact) mass is 441 g/mol. The predicted molar refractivity (Wildman–Crippen MR) is 127 cm³/mol. The molecule has 5 rings (SSSR count). The van der Waals surface area contributed by atoms with Crippen molar-refractivity contribution in [3.8, 4) is 34.0 Å². The van der Waals surface area contributed by atoms with Crippen molar-refractivity contribution in [1.29, 1.82) is 0 Å². The Labute approximate surface area is 192 Å². The Balaban J connectivity index is 1.45. The fraction of sp³-hybridized carbons (Fsp3) is 0.308. The molecule has 1 aromatic carbocycles. The first kappa shape index (κ1) is 21.3. The molecule has 168 valence electrons. The summed E-state index contributed by atoms with van der Waals surface area (Å²) in [7, 11) is 0. The van der Waals surface area contributed by atoms with E-state index in [0.717, 1.165) is 36.0 Å². The van der Waals surface area contributed by atoms with Crippen molar-refractivity contribution in [2.24, 2.45) is 11.7 Å². The van der Waals surface area contributed by atoms with E-state index in [2.05, 4.69) is 17.1 Å².